The molecule has 2 amide bonds. The van der Waals surface area contributed by atoms with E-state index in [0.717, 1.165) is 64.4 Å². The number of aliphatic imine (C=N–C) groups is 1. The number of ether oxygens (including phenoxy) is 2. The number of benzene rings is 1. The Kier molecular flexibility index (Phi) is 9.32. The second-order valence-electron chi connectivity index (χ2n) is 13.4. The third-order valence-corrected chi connectivity index (χ3v) is 11.1. The SMILES string of the molecule is COc1ccc2c(O[C@H]3C[C@H]4C(=O)NCCCCC/C=C\[C@@H]5C[C@@]5(C(=O)O)NC(=O)[C@@H]4C3)cc(C3=NC(C(C)C)CS3)nc2c1C. The number of nitrogens with one attached hydrogen (secondary N) is 2. The summed E-state index contributed by atoms with van der Waals surface area (Å²) in [5, 5.41) is 17.7. The topological polar surface area (TPSA) is 139 Å². The number of nitrogens with zero attached hydrogens (tertiary/aromatic N) is 2. The lowest BCUT2D eigenvalue weighted by Gasteiger charge is -2.21. The van der Waals surface area contributed by atoms with Crippen LogP contribution in [0, 0.1) is 30.6 Å². The van der Waals surface area contributed by atoms with Crippen molar-refractivity contribution in [3.8, 4) is 11.5 Å². The molecule has 6 rings (SSSR count). The van der Waals surface area contributed by atoms with E-state index in [1.54, 1.807) is 18.9 Å². The summed E-state index contributed by atoms with van der Waals surface area (Å²) in [6, 6.07) is 5.96. The zero-order valence-electron chi connectivity index (χ0n) is 27.0. The highest BCUT2D eigenvalue weighted by Gasteiger charge is 2.61. The fraction of sp³-hybridized carbons (Fsp3) is 0.571. The fourth-order valence-electron chi connectivity index (χ4n) is 6.97. The van der Waals surface area contributed by atoms with E-state index in [4.69, 9.17) is 19.5 Å². The molecule has 1 unspecified atom stereocenters. The summed E-state index contributed by atoms with van der Waals surface area (Å²) < 4.78 is 12.3. The van der Waals surface area contributed by atoms with Crippen molar-refractivity contribution in [1.29, 1.82) is 0 Å². The van der Waals surface area contributed by atoms with Gasteiger partial charge in [0.15, 0.2) is 0 Å². The molecule has 11 heteroatoms. The monoisotopic (exact) mass is 648 g/mol. The predicted molar refractivity (Wildman–Crippen MR) is 179 cm³/mol. The maximum Gasteiger partial charge on any atom is 0.330 e. The molecule has 6 atom stereocenters. The third kappa shape index (κ3) is 6.35. The number of aliphatic carboxylic acids is 1. The summed E-state index contributed by atoms with van der Waals surface area (Å²) in [6.07, 6.45) is 8.10. The normalized spacial score (nSPS) is 30.7. The van der Waals surface area contributed by atoms with Crippen LogP contribution in [-0.4, -0.2) is 70.0 Å². The molecule has 0 radical (unpaired) electrons. The number of hydrogen-bond acceptors (Lipinski definition) is 8. The zero-order valence-corrected chi connectivity index (χ0v) is 27.8. The molecular weight excluding hydrogens is 604 g/mol. The molecule has 2 aliphatic carbocycles. The number of fused-ring (bicyclic) bond motifs is 3. The minimum absolute atomic E-state index is 0.187. The minimum Gasteiger partial charge on any atom is -0.496 e. The highest BCUT2D eigenvalue weighted by Crippen LogP contribution is 2.46. The van der Waals surface area contributed by atoms with Gasteiger partial charge in [-0.2, -0.15) is 0 Å². The van der Waals surface area contributed by atoms with Crippen LogP contribution in [0.25, 0.3) is 10.9 Å². The van der Waals surface area contributed by atoms with E-state index in [-0.39, 0.29) is 17.9 Å². The lowest BCUT2D eigenvalue weighted by atomic mass is 9.93. The van der Waals surface area contributed by atoms with Gasteiger partial charge >= 0.3 is 5.97 Å². The number of carboxylic acids is 1. The van der Waals surface area contributed by atoms with Crippen molar-refractivity contribution in [2.75, 3.05) is 19.4 Å². The molecule has 2 fully saturated rings. The average molecular weight is 649 g/mol. The van der Waals surface area contributed by atoms with Gasteiger partial charge in [-0.25, -0.2) is 9.78 Å². The first-order valence-corrected chi connectivity index (χ1v) is 17.5. The number of methoxy groups -OCH3 is 1. The highest BCUT2D eigenvalue weighted by atomic mass is 32.2. The highest BCUT2D eigenvalue weighted by molar-refractivity contribution is 8.14. The number of pyridine rings is 1. The number of amides is 2. The molecule has 4 aliphatic rings. The van der Waals surface area contributed by atoms with Crippen molar-refractivity contribution in [3.05, 3.63) is 41.6 Å². The number of hydrogen-bond donors (Lipinski definition) is 3. The largest absolute Gasteiger partial charge is 0.496 e. The molecule has 10 nitrogen and oxygen atoms in total. The molecule has 3 heterocycles. The van der Waals surface area contributed by atoms with Crippen LogP contribution in [0.2, 0.25) is 0 Å². The number of allylic oxidation sites excluding steroid dienone is 1. The number of thioether (sulfide) groups is 1. The summed E-state index contributed by atoms with van der Waals surface area (Å²) in [5.41, 5.74) is 1.04. The van der Waals surface area contributed by atoms with Crippen LogP contribution < -0.4 is 20.1 Å². The van der Waals surface area contributed by atoms with Crippen molar-refractivity contribution < 1.29 is 29.0 Å². The molecule has 2 aromatic rings. The molecule has 1 aromatic carbocycles. The van der Waals surface area contributed by atoms with Gasteiger partial charge in [0.1, 0.15) is 28.2 Å². The van der Waals surface area contributed by atoms with Crippen LogP contribution in [-0.2, 0) is 14.4 Å². The van der Waals surface area contributed by atoms with Crippen LogP contribution in [0.15, 0.2) is 35.3 Å². The van der Waals surface area contributed by atoms with Gasteiger partial charge in [-0.05, 0) is 63.5 Å². The Morgan fingerprint density at radius 3 is 2.61 bits per heavy atom. The lowest BCUT2D eigenvalue weighted by Crippen LogP contribution is -2.49. The Balaban J connectivity index is 1.31. The zero-order chi connectivity index (χ0) is 32.6. The molecular formula is C35H44N4O6S. The Bertz CT molecular complexity index is 1590. The van der Waals surface area contributed by atoms with Gasteiger partial charge in [-0.1, -0.05) is 32.4 Å². The van der Waals surface area contributed by atoms with Crippen molar-refractivity contribution in [2.45, 2.75) is 83.4 Å². The van der Waals surface area contributed by atoms with Gasteiger partial charge < -0.3 is 25.2 Å². The summed E-state index contributed by atoms with van der Waals surface area (Å²) in [6.45, 7) is 6.84. The Morgan fingerprint density at radius 2 is 1.89 bits per heavy atom. The smallest absolute Gasteiger partial charge is 0.330 e. The molecule has 0 spiro atoms. The van der Waals surface area contributed by atoms with Crippen LogP contribution in [0.1, 0.15) is 70.1 Å². The maximum absolute atomic E-state index is 13.8. The van der Waals surface area contributed by atoms with Gasteiger partial charge in [-0.3, -0.25) is 14.6 Å². The average Bonchev–Trinajstić information content (AvgIpc) is 3.33. The number of rotatable bonds is 6. The molecule has 2 aliphatic heterocycles. The molecule has 46 heavy (non-hydrogen) atoms. The number of carbonyl (C=O) groups excluding carboxylic acids is 2. The van der Waals surface area contributed by atoms with Gasteiger partial charge in [0, 0.05) is 35.2 Å². The van der Waals surface area contributed by atoms with E-state index >= 15 is 0 Å². The van der Waals surface area contributed by atoms with Crippen molar-refractivity contribution in [2.24, 2.45) is 28.7 Å². The number of aryl methyl sites for hydroxylation is 1. The summed E-state index contributed by atoms with van der Waals surface area (Å²) >= 11 is 1.69. The fourth-order valence-corrected chi connectivity index (χ4v) is 8.22. The van der Waals surface area contributed by atoms with E-state index in [1.165, 1.54) is 0 Å². The van der Waals surface area contributed by atoms with Gasteiger partial charge in [-0.15, -0.1) is 11.8 Å². The van der Waals surface area contributed by atoms with Crippen LogP contribution >= 0.6 is 11.8 Å². The first-order valence-electron chi connectivity index (χ1n) is 16.5. The number of carboxylic acid groups (broad SMARTS) is 1. The van der Waals surface area contributed by atoms with E-state index < -0.39 is 35.4 Å². The first kappa shape index (κ1) is 32.3. The van der Waals surface area contributed by atoms with E-state index in [9.17, 15) is 19.5 Å². The van der Waals surface area contributed by atoms with E-state index in [2.05, 4.69) is 24.5 Å². The second-order valence-corrected chi connectivity index (χ2v) is 14.4. The quantitative estimate of drug-likeness (QED) is 0.370. The second kappa shape index (κ2) is 13.3. The van der Waals surface area contributed by atoms with Gasteiger partial charge in [0.25, 0.3) is 0 Å². The van der Waals surface area contributed by atoms with E-state index in [0.29, 0.717) is 37.5 Å². The predicted octanol–water partition coefficient (Wildman–Crippen LogP) is 5.05. The summed E-state index contributed by atoms with van der Waals surface area (Å²) in [7, 11) is 1.63. The number of carbonyl (C=O) groups is 3. The lowest BCUT2D eigenvalue weighted by molar-refractivity contribution is -0.144. The number of aromatic nitrogens is 1. The first-order chi connectivity index (χ1) is 22.1. The van der Waals surface area contributed by atoms with Gasteiger partial charge in [0.05, 0.1) is 36.2 Å². The third-order valence-electron chi connectivity index (χ3n) is 9.97. The van der Waals surface area contributed by atoms with Crippen LogP contribution in [0.4, 0.5) is 0 Å². The molecule has 3 N–H and O–H groups in total. The molecule has 1 aromatic heterocycles. The van der Waals surface area contributed by atoms with Crippen molar-refractivity contribution >= 4 is 45.5 Å². The summed E-state index contributed by atoms with van der Waals surface area (Å²) in [4.78, 5) is 49.6. The minimum atomic E-state index is -1.33. The van der Waals surface area contributed by atoms with Crippen molar-refractivity contribution in [3.63, 3.8) is 0 Å². The summed E-state index contributed by atoms with van der Waals surface area (Å²) in [5.74, 6) is -0.596. The Hall–Kier alpha value is -3.60. The Morgan fingerprint density at radius 1 is 1.11 bits per heavy atom. The molecule has 246 valence electrons. The molecule has 0 bridgehead atoms. The molecule has 2 saturated carbocycles. The van der Waals surface area contributed by atoms with Gasteiger partial charge in [0.2, 0.25) is 11.8 Å². The van der Waals surface area contributed by atoms with Crippen LogP contribution in [0.3, 0.4) is 0 Å². The van der Waals surface area contributed by atoms with Crippen molar-refractivity contribution in [1.82, 2.24) is 15.6 Å². The molecule has 0 saturated heterocycles. The Labute approximate surface area is 274 Å². The van der Waals surface area contributed by atoms with E-state index in [1.807, 2.05) is 37.3 Å². The van der Waals surface area contributed by atoms with Crippen LogP contribution in [0.5, 0.6) is 11.5 Å². The standard InChI is InChI=1S/C35H44N4O6S/c1-19(2)27-18-46-33(38-27)26-16-29(23-11-12-28(44-4)20(3)30(23)37-26)45-22-14-24-25(15-22)32(41)39-35(34(42)43)17-21(35)10-8-6-5-7-9-13-36-31(24)40/h8,10-12,16,19,21-22,24-25,27H,5-7,9,13-15,17-18H2,1-4H3,(H,36,40)(H,39,41)(H,42,43)/b10-8-/t21-,22+,24-,25-,27?,35-/m1/s1. The maximum atomic E-state index is 13.8.